The summed E-state index contributed by atoms with van der Waals surface area (Å²) in [7, 11) is 0. The van der Waals surface area contributed by atoms with E-state index >= 15 is 0 Å². The van der Waals surface area contributed by atoms with Crippen LogP contribution < -0.4 is 9.47 Å². The normalized spacial score (nSPS) is 10.9. The molecule has 0 saturated heterocycles. The Bertz CT molecular complexity index is 352. The number of halogens is 3. The van der Waals surface area contributed by atoms with Crippen molar-refractivity contribution in [1.29, 1.82) is 0 Å². The Morgan fingerprint density at radius 1 is 1.19 bits per heavy atom. The van der Waals surface area contributed by atoms with E-state index in [1.165, 1.54) is 0 Å². The van der Waals surface area contributed by atoms with Crippen molar-refractivity contribution in [2.75, 3.05) is 6.61 Å². The Hall–Kier alpha value is -1.24. The first-order chi connectivity index (χ1) is 7.47. The Morgan fingerprint density at radius 3 is 2.38 bits per heavy atom. The van der Waals surface area contributed by atoms with E-state index in [4.69, 9.17) is 16.3 Å². The molecule has 0 atom stereocenters. The van der Waals surface area contributed by atoms with Crippen LogP contribution in [0.1, 0.15) is 13.8 Å². The summed E-state index contributed by atoms with van der Waals surface area (Å²) in [6.07, 6.45) is -2.77. The van der Waals surface area contributed by atoms with Crippen LogP contribution in [0.4, 0.5) is 8.78 Å². The van der Waals surface area contributed by atoms with Gasteiger partial charge in [-0.25, -0.2) is 8.78 Å². The summed E-state index contributed by atoms with van der Waals surface area (Å²) >= 11 is 5.54. The van der Waals surface area contributed by atoms with Gasteiger partial charge >= 0.3 is 12.0 Å². The van der Waals surface area contributed by atoms with Crippen LogP contribution in [0.2, 0.25) is 5.28 Å². The van der Waals surface area contributed by atoms with Crippen LogP contribution in [0, 0.1) is 0 Å². The number of rotatable bonds is 5. The van der Waals surface area contributed by atoms with Gasteiger partial charge in [0.05, 0.1) is 6.10 Å². The van der Waals surface area contributed by atoms with Crippen molar-refractivity contribution < 1.29 is 18.3 Å². The molecule has 0 spiro atoms. The van der Waals surface area contributed by atoms with Gasteiger partial charge in [0, 0.05) is 0 Å². The smallest absolute Gasteiger partial charge is 0.324 e. The number of alkyl halides is 2. The summed E-state index contributed by atoms with van der Waals surface area (Å²) in [5, 5.41) is -0.171. The van der Waals surface area contributed by atoms with Gasteiger partial charge in [-0.2, -0.15) is 9.97 Å². The fourth-order valence-corrected chi connectivity index (χ4v) is 0.925. The largest absolute Gasteiger partial charge is 0.461 e. The second-order valence-electron chi connectivity index (χ2n) is 3.04. The average Bonchev–Trinajstić information content (AvgIpc) is 2.12. The minimum atomic E-state index is -2.61. The topological polar surface area (TPSA) is 57.1 Å². The van der Waals surface area contributed by atoms with Crippen LogP contribution in [0.15, 0.2) is 0 Å². The molecule has 0 fully saturated rings. The number of aromatic nitrogens is 3. The van der Waals surface area contributed by atoms with Crippen LogP contribution in [0.25, 0.3) is 0 Å². The Labute approximate surface area is 95.8 Å². The molecule has 0 saturated carbocycles. The third-order valence-electron chi connectivity index (χ3n) is 1.25. The number of hydrogen-bond acceptors (Lipinski definition) is 5. The maximum absolute atomic E-state index is 11.9. The zero-order valence-electron chi connectivity index (χ0n) is 8.65. The molecule has 1 aromatic rings. The molecule has 0 aliphatic carbocycles. The first-order valence-electron chi connectivity index (χ1n) is 4.46. The van der Waals surface area contributed by atoms with Crippen LogP contribution in [-0.2, 0) is 0 Å². The molecule has 0 aliphatic heterocycles. The van der Waals surface area contributed by atoms with Crippen molar-refractivity contribution in [1.82, 2.24) is 15.0 Å². The van der Waals surface area contributed by atoms with Gasteiger partial charge in [-0.15, -0.1) is 4.98 Å². The maximum Gasteiger partial charge on any atom is 0.324 e. The van der Waals surface area contributed by atoms with E-state index in [0.29, 0.717) is 0 Å². The Balaban J connectivity index is 2.73. The maximum atomic E-state index is 11.9. The number of hydrogen-bond donors (Lipinski definition) is 0. The van der Waals surface area contributed by atoms with Crippen LogP contribution in [0.3, 0.4) is 0 Å². The standard InChI is InChI=1S/C8H10ClF2N3O2/c1-4(2)16-8-13-6(9)12-7(14-8)15-3-5(10)11/h4-5H,3H2,1-2H3. The molecule has 0 unspecified atom stereocenters. The number of nitrogens with zero attached hydrogens (tertiary/aromatic N) is 3. The van der Waals surface area contributed by atoms with E-state index in [2.05, 4.69) is 19.7 Å². The van der Waals surface area contributed by atoms with Crippen molar-refractivity contribution in [3.63, 3.8) is 0 Å². The second-order valence-corrected chi connectivity index (χ2v) is 3.38. The van der Waals surface area contributed by atoms with Crippen LogP contribution in [-0.4, -0.2) is 34.1 Å². The van der Waals surface area contributed by atoms with Gasteiger partial charge in [0.1, 0.15) is 0 Å². The van der Waals surface area contributed by atoms with E-state index < -0.39 is 13.0 Å². The van der Waals surface area contributed by atoms with Crippen molar-refractivity contribution in [3.05, 3.63) is 5.28 Å². The predicted octanol–water partition coefficient (Wildman–Crippen LogP) is 1.96. The molecular weight excluding hydrogens is 244 g/mol. The molecule has 0 amide bonds. The second kappa shape index (κ2) is 5.74. The summed E-state index contributed by atoms with van der Waals surface area (Å²) < 4.78 is 33.5. The van der Waals surface area contributed by atoms with Gasteiger partial charge in [0.25, 0.3) is 6.43 Å². The molecule has 1 aromatic heterocycles. The van der Waals surface area contributed by atoms with E-state index in [0.717, 1.165) is 0 Å². The highest BCUT2D eigenvalue weighted by molar-refractivity contribution is 6.28. The lowest BCUT2D eigenvalue weighted by atomic mass is 10.5. The van der Waals surface area contributed by atoms with Gasteiger partial charge in [-0.1, -0.05) is 0 Å². The van der Waals surface area contributed by atoms with Gasteiger partial charge in [-0.05, 0) is 25.4 Å². The lowest BCUT2D eigenvalue weighted by molar-refractivity contribution is 0.0759. The average molecular weight is 254 g/mol. The summed E-state index contributed by atoms with van der Waals surface area (Å²) in [4.78, 5) is 10.8. The molecule has 0 aliphatic rings. The fourth-order valence-electron chi connectivity index (χ4n) is 0.780. The monoisotopic (exact) mass is 253 g/mol. The molecule has 90 valence electrons. The molecule has 0 radical (unpaired) electrons. The summed E-state index contributed by atoms with van der Waals surface area (Å²) in [6.45, 7) is 2.72. The first-order valence-corrected chi connectivity index (χ1v) is 4.84. The predicted molar refractivity (Wildman–Crippen MR) is 52.1 cm³/mol. The van der Waals surface area contributed by atoms with E-state index in [-0.39, 0.29) is 23.4 Å². The molecule has 0 N–H and O–H groups in total. The fraction of sp³-hybridized carbons (Fsp3) is 0.625. The van der Waals surface area contributed by atoms with Gasteiger partial charge in [-0.3, -0.25) is 0 Å². The molecule has 8 heteroatoms. The Kier molecular flexibility index (Phi) is 4.60. The van der Waals surface area contributed by atoms with E-state index in [1.807, 2.05) is 0 Å². The van der Waals surface area contributed by atoms with Gasteiger partial charge in [0.15, 0.2) is 6.61 Å². The van der Waals surface area contributed by atoms with Crippen LogP contribution in [0.5, 0.6) is 12.0 Å². The zero-order valence-corrected chi connectivity index (χ0v) is 9.41. The quantitative estimate of drug-likeness (QED) is 0.803. The summed E-state index contributed by atoms with van der Waals surface area (Å²) in [5.41, 5.74) is 0. The van der Waals surface area contributed by atoms with Gasteiger partial charge in [0.2, 0.25) is 5.28 Å². The summed E-state index contributed by atoms with van der Waals surface area (Å²) in [6, 6.07) is -0.338. The molecule has 1 heterocycles. The zero-order chi connectivity index (χ0) is 12.1. The summed E-state index contributed by atoms with van der Waals surface area (Å²) in [5.74, 6) is 0. The van der Waals surface area contributed by atoms with Gasteiger partial charge < -0.3 is 9.47 Å². The molecular formula is C8H10ClF2N3O2. The minimum absolute atomic E-state index is 0.0562. The highest BCUT2D eigenvalue weighted by atomic mass is 35.5. The molecule has 0 aromatic carbocycles. The SMILES string of the molecule is CC(C)Oc1nc(Cl)nc(OCC(F)F)n1. The number of ether oxygens (including phenoxy) is 2. The molecule has 0 bridgehead atoms. The highest BCUT2D eigenvalue weighted by Crippen LogP contribution is 2.14. The van der Waals surface area contributed by atoms with Crippen LogP contribution >= 0.6 is 11.6 Å². The molecule has 5 nitrogen and oxygen atoms in total. The third kappa shape index (κ3) is 4.52. The lowest BCUT2D eigenvalue weighted by Crippen LogP contribution is -2.12. The van der Waals surface area contributed by atoms with Crippen molar-refractivity contribution in [3.8, 4) is 12.0 Å². The Morgan fingerprint density at radius 2 is 1.81 bits per heavy atom. The molecule has 16 heavy (non-hydrogen) atoms. The van der Waals surface area contributed by atoms with Crippen molar-refractivity contribution in [2.24, 2.45) is 0 Å². The van der Waals surface area contributed by atoms with E-state index in [9.17, 15) is 8.78 Å². The minimum Gasteiger partial charge on any atom is -0.461 e. The highest BCUT2D eigenvalue weighted by Gasteiger charge is 2.11. The third-order valence-corrected chi connectivity index (χ3v) is 1.42. The lowest BCUT2D eigenvalue weighted by Gasteiger charge is -2.08. The van der Waals surface area contributed by atoms with Crippen molar-refractivity contribution >= 4 is 11.6 Å². The van der Waals surface area contributed by atoms with Crippen molar-refractivity contribution in [2.45, 2.75) is 26.4 Å². The molecule has 1 rings (SSSR count). The van der Waals surface area contributed by atoms with E-state index in [1.54, 1.807) is 13.8 Å². The first kappa shape index (κ1) is 12.8.